The van der Waals surface area contributed by atoms with Gasteiger partial charge in [0, 0.05) is 31.0 Å². The van der Waals surface area contributed by atoms with E-state index in [1.165, 1.54) is 5.56 Å². The number of hydrogen-bond acceptors (Lipinski definition) is 4. The molecule has 0 aliphatic carbocycles. The summed E-state index contributed by atoms with van der Waals surface area (Å²) < 4.78 is 9.97. The third-order valence-corrected chi connectivity index (χ3v) is 5.62. The van der Waals surface area contributed by atoms with Gasteiger partial charge in [0.05, 0.1) is 16.7 Å². The molecule has 7 heteroatoms. The number of aryl methyl sites for hydroxylation is 2. The van der Waals surface area contributed by atoms with E-state index in [9.17, 15) is 4.79 Å². The first-order valence-corrected chi connectivity index (χ1v) is 10.9. The maximum atomic E-state index is 12.5. The molecule has 1 amide bonds. The zero-order chi connectivity index (χ0) is 22.8. The summed E-state index contributed by atoms with van der Waals surface area (Å²) in [5.74, 6) is 1.52. The number of rotatable bonds is 7. The number of para-hydroxylation sites is 2. The van der Waals surface area contributed by atoms with E-state index >= 15 is 0 Å². The van der Waals surface area contributed by atoms with Gasteiger partial charge in [-0.1, -0.05) is 18.2 Å². The molecule has 0 atom stereocenters. The van der Waals surface area contributed by atoms with Gasteiger partial charge in [-0.25, -0.2) is 9.97 Å². The van der Waals surface area contributed by atoms with Crippen LogP contribution in [0, 0.1) is 13.8 Å². The minimum Gasteiger partial charge on any atom is -0.487 e. The van der Waals surface area contributed by atoms with Gasteiger partial charge in [0.2, 0.25) is 0 Å². The number of nitrogens with one attached hydrogen (secondary N) is 1. The third-order valence-electron chi connectivity index (χ3n) is 5.62. The van der Waals surface area contributed by atoms with Gasteiger partial charge in [-0.05, 0) is 61.9 Å². The summed E-state index contributed by atoms with van der Waals surface area (Å²) >= 11 is 0. The lowest BCUT2D eigenvalue weighted by Crippen LogP contribution is -2.27. The predicted molar refractivity (Wildman–Crippen MR) is 128 cm³/mol. The summed E-state index contributed by atoms with van der Waals surface area (Å²) in [6.07, 6.45) is 4.01. The summed E-state index contributed by atoms with van der Waals surface area (Å²) in [6, 6.07) is 19.2. The van der Waals surface area contributed by atoms with Crippen molar-refractivity contribution in [2.24, 2.45) is 0 Å². The molecule has 5 aromatic rings. The normalized spacial score (nSPS) is 11.2. The molecule has 3 heterocycles. The van der Waals surface area contributed by atoms with Crippen LogP contribution in [0.3, 0.4) is 0 Å². The Morgan fingerprint density at radius 2 is 1.79 bits per heavy atom. The average molecular weight is 440 g/mol. The molecule has 0 aliphatic rings. The topological polar surface area (TPSA) is 73.4 Å². The van der Waals surface area contributed by atoms with Gasteiger partial charge in [-0.2, -0.15) is 0 Å². The zero-order valence-electron chi connectivity index (χ0n) is 18.7. The Balaban J connectivity index is 1.15. The monoisotopic (exact) mass is 439 g/mol. The second-order valence-electron chi connectivity index (χ2n) is 8.07. The summed E-state index contributed by atoms with van der Waals surface area (Å²) in [5, 5.41) is 2.98. The number of imidazole rings is 2. The second-order valence-corrected chi connectivity index (χ2v) is 8.07. The fraction of sp³-hybridized carbons (Fsp3) is 0.192. The van der Waals surface area contributed by atoms with Crippen molar-refractivity contribution in [3.05, 3.63) is 95.7 Å². The lowest BCUT2D eigenvalue weighted by molar-refractivity contribution is 0.0952. The fourth-order valence-electron chi connectivity index (χ4n) is 3.95. The number of ether oxygens (including phenoxy) is 1. The van der Waals surface area contributed by atoms with Crippen LogP contribution in [-0.4, -0.2) is 31.4 Å². The first-order valence-electron chi connectivity index (χ1n) is 10.9. The SMILES string of the molecule is Cc1ccc2nc(COc3ccc(C(=O)NCCn4c(C)nc5ccccc54)cc3)cn2c1. The van der Waals surface area contributed by atoms with Crippen molar-refractivity contribution in [1.29, 1.82) is 0 Å². The number of hydrogen-bond donors (Lipinski definition) is 1. The molecule has 0 unspecified atom stereocenters. The molecule has 0 radical (unpaired) electrons. The van der Waals surface area contributed by atoms with E-state index in [2.05, 4.69) is 19.9 Å². The van der Waals surface area contributed by atoms with Crippen LogP contribution in [0.15, 0.2) is 73.1 Å². The Kier molecular flexibility index (Phi) is 5.52. The summed E-state index contributed by atoms with van der Waals surface area (Å²) in [4.78, 5) is 21.7. The highest BCUT2D eigenvalue weighted by atomic mass is 16.5. The number of nitrogens with zero attached hydrogens (tertiary/aromatic N) is 4. The first kappa shape index (κ1) is 20.8. The quantitative estimate of drug-likeness (QED) is 0.410. The average Bonchev–Trinajstić information content (AvgIpc) is 3.37. The van der Waals surface area contributed by atoms with Crippen LogP contribution in [0.4, 0.5) is 0 Å². The standard InChI is InChI=1S/C26H25N5O2/c1-18-7-12-25-29-21(16-30(25)15-18)17-33-22-10-8-20(9-11-22)26(32)27-13-14-31-19(2)28-23-5-3-4-6-24(23)31/h3-12,15-16H,13-14,17H2,1-2H3,(H,27,32). The zero-order valence-corrected chi connectivity index (χ0v) is 18.7. The highest BCUT2D eigenvalue weighted by Gasteiger charge is 2.09. The number of carbonyl (C=O) groups is 1. The molecular formula is C26H25N5O2. The Hall–Kier alpha value is -4.13. The van der Waals surface area contributed by atoms with Crippen LogP contribution in [0.1, 0.15) is 27.4 Å². The first-order chi connectivity index (χ1) is 16.1. The predicted octanol–water partition coefficient (Wildman–Crippen LogP) is 4.31. The van der Waals surface area contributed by atoms with Gasteiger partial charge in [-0.15, -0.1) is 0 Å². The Bertz CT molecular complexity index is 1430. The largest absolute Gasteiger partial charge is 0.487 e. The summed E-state index contributed by atoms with van der Waals surface area (Å²) in [5.41, 5.74) is 5.56. The number of carbonyl (C=O) groups excluding carboxylic acids is 1. The van der Waals surface area contributed by atoms with E-state index < -0.39 is 0 Å². The number of pyridine rings is 1. The molecule has 0 fully saturated rings. The maximum absolute atomic E-state index is 12.5. The maximum Gasteiger partial charge on any atom is 0.251 e. The number of benzene rings is 2. The van der Waals surface area contributed by atoms with Crippen LogP contribution in [0.5, 0.6) is 5.75 Å². The van der Waals surface area contributed by atoms with E-state index in [1.807, 2.05) is 79.2 Å². The molecule has 0 bridgehead atoms. The van der Waals surface area contributed by atoms with Crippen molar-refractivity contribution in [1.82, 2.24) is 24.3 Å². The van der Waals surface area contributed by atoms with E-state index in [0.717, 1.165) is 28.2 Å². The molecular weight excluding hydrogens is 414 g/mol. The van der Waals surface area contributed by atoms with Crippen LogP contribution < -0.4 is 10.1 Å². The molecule has 33 heavy (non-hydrogen) atoms. The highest BCUT2D eigenvalue weighted by molar-refractivity contribution is 5.94. The molecule has 166 valence electrons. The van der Waals surface area contributed by atoms with Crippen molar-refractivity contribution in [3.63, 3.8) is 0 Å². The lowest BCUT2D eigenvalue weighted by Gasteiger charge is -2.09. The lowest BCUT2D eigenvalue weighted by atomic mass is 10.2. The second kappa shape index (κ2) is 8.78. The van der Waals surface area contributed by atoms with Crippen molar-refractivity contribution in [2.45, 2.75) is 27.0 Å². The highest BCUT2D eigenvalue weighted by Crippen LogP contribution is 2.16. The molecule has 0 saturated carbocycles. The van der Waals surface area contributed by atoms with E-state index in [-0.39, 0.29) is 5.91 Å². The van der Waals surface area contributed by atoms with E-state index in [0.29, 0.717) is 31.0 Å². The van der Waals surface area contributed by atoms with Gasteiger partial charge in [0.15, 0.2) is 0 Å². The van der Waals surface area contributed by atoms with Gasteiger partial charge in [0.1, 0.15) is 23.8 Å². The van der Waals surface area contributed by atoms with Crippen LogP contribution >= 0.6 is 0 Å². The van der Waals surface area contributed by atoms with Gasteiger partial charge < -0.3 is 19.0 Å². The molecule has 0 saturated heterocycles. The van der Waals surface area contributed by atoms with Crippen LogP contribution in [0.2, 0.25) is 0 Å². The number of amides is 1. The minimum absolute atomic E-state index is 0.112. The molecule has 2 aromatic carbocycles. The van der Waals surface area contributed by atoms with Gasteiger partial charge >= 0.3 is 0 Å². The van der Waals surface area contributed by atoms with E-state index in [1.54, 1.807) is 12.1 Å². The van der Waals surface area contributed by atoms with Gasteiger partial charge in [-0.3, -0.25) is 4.79 Å². The molecule has 1 N–H and O–H groups in total. The van der Waals surface area contributed by atoms with Crippen LogP contribution in [-0.2, 0) is 13.2 Å². The van der Waals surface area contributed by atoms with Gasteiger partial charge in [0.25, 0.3) is 5.91 Å². The molecule has 7 nitrogen and oxygen atoms in total. The summed E-state index contributed by atoms with van der Waals surface area (Å²) in [6.45, 7) is 5.58. The third kappa shape index (κ3) is 4.43. The van der Waals surface area contributed by atoms with E-state index in [4.69, 9.17) is 4.74 Å². The van der Waals surface area contributed by atoms with Crippen LogP contribution in [0.25, 0.3) is 16.7 Å². The smallest absolute Gasteiger partial charge is 0.251 e. The number of aromatic nitrogens is 4. The van der Waals surface area contributed by atoms with Crippen molar-refractivity contribution in [3.8, 4) is 5.75 Å². The van der Waals surface area contributed by atoms with Crippen molar-refractivity contribution < 1.29 is 9.53 Å². The minimum atomic E-state index is -0.112. The Morgan fingerprint density at radius 3 is 2.64 bits per heavy atom. The number of fused-ring (bicyclic) bond motifs is 2. The molecule has 0 aliphatic heterocycles. The Morgan fingerprint density at radius 1 is 0.970 bits per heavy atom. The van der Waals surface area contributed by atoms with Crippen molar-refractivity contribution >= 4 is 22.6 Å². The molecule has 3 aromatic heterocycles. The fourth-order valence-corrected chi connectivity index (χ4v) is 3.95. The van der Waals surface area contributed by atoms with Crippen molar-refractivity contribution in [2.75, 3.05) is 6.54 Å². The molecule has 5 rings (SSSR count). The summed E-state index contributed by atoms with van der Waals surface area (Å²) in [7, 11) is 0. The molecule has 0 spiro atoms. The Labute approximate surface area is 191 Å².